The molecule has 0 amide bonds. The van der Waals surface area contributed by atoms with Crippen molar-refractivity contribution in [3.63, 3.8) is 0 Å². The second-order valence-corrected chi connectivity index (χ2v) is 21.2. The molecule has 4 aliphatic rings. The lowest BCUT2D eigenvalue weighted by molar-refractivity contribution is -0.270. The van der Waals surface area contributed by atoms with Crippen LogP contribution in [0.2, 0.25) is 0 Å². The number of likely N-dealkylation sites (tertiary alicyclic amines) is 1. The van der Waals surface area contributed by atoms with Crippen LogP contribution in [0.1, 0.15) is 136 Å². The minimum Gasteiger partial charge on any atom is -0.417 e. The summed E-state index contributed by atoms with van der Waals surface area (Å²) in [5.74, 6) is -5.63. The lowest BCUT2D eigenvalue weighted by atomic mass is 9.87. The molecule has 0 aromatic carbocycles. The van der Waals surface area contributed by atoms with Crippen molar-refractivity contribution in [1.29, 1.82) is 0 Å². The van der Waals surface area contributed by atoms with Gasteiger partial charge in [-0.1, -0.05) is 0 Å². The van der Waals surface area contributed by atoms with Crippen LogP contribution in [0, 0.1) is 23.7 Å². The highest BCUT2D eigenvalue weighted by atomic mass is 16.8. The number of esters is 4. The van der Waals surface area contributed by atoms with E-state index in [-0.39, 0.29) is 5.54 Å². The molecule has 0 aromatic heterocycles. The Labute approximate surface area is 329 Å². The molecule has 0 saturated carbocycles. The summed E-state index contributed by atoms with van der Waals surface area (Å²) >= 11 is 0. The highest BCUT2D eigenvalue weighted by molar-refractivity contribution is 5.79. The standard InChI is InChI=1S/C41H72N4O10/c1-34(2)20-24(38(9,10)42-34)28(46)52-32(54-30(48)26-22-36(5,6)44(50-18)40(26,13)14)33(53-29(47)25-21-35(3,4)43(17)39(25,11)12)55-31(49)27-23-37(7,8)45(51-19)41(27,15)16/h24-27,32-33,42H,20-23H2,1-19H3. The fourth-order valence-electron chi connectivity index (χ4n) is 10.7. The zero-order valence-corrected chi connectivity index (χ0v) is 37.2. The van der Waals surface area contributed by atoms with Gasteiger partial charge in [-0.2, -0.15) is 10.1 Å². The molecule has 4 fully saturated rings. The topological polar surface area (TPSA) is 145 Å². The minimum absolute atomic E-state index is 0.348. The number of hydrogen-bond acceptors (Lipinski definition) is 14. The van der Waals surface area contributed by atoms with Gasteiger partial charge in [-0.25, -0.2) is 0 Å². The molecule has 0 aliphatic carbocycles. The van der Waals surface area contributed by atoms with Crippen LogP contribution in [-0.4, -0.2) is 117 Å². The summed E-state index contributed by atoms with van der Waals surface area (Å²) in [4.78, 5) is 71.2. The summed E-state index contributed by atoms with van der Waals surface area (Å²) in [6.07, 6.45) is -2.28. The van der Waals surface area contributed by atoms with E-state index in [9.17, 15) is 19.2 Å². The van der Waals surface area contributed by atoms with Gasteiger partial charge >= 0.3 is 36.5 Å². The summed E-state index contributed by atoms with van der Waals surface area (Å²) in [7, 11) is 5.06. The zero-order valence-electron chi connectivity index (χ0n) is 37.2. The molecule has 55 heavy (non-hydrogen) atoms. The van der Waals surface area contributed by atoms with Crippen LogP contribution in [0.15, 0.2) is 0 Å². The summed E-state index contributed by atoms with van der Waals surface area (Å²) < 4.78 is 24.6. The third-order valence-electron chi connectivity index (χ3n) is 13.5. The summed E-state index contributed by atoms with van der Waals surface area (Å²) in [5, 5.41) is 7.00. The third-order valence-corrected chi connectivity index (χ3v) is 13.5. The Morgan fingerprint density at radius 3 is 1.05 bits per heavy atom. The van der Waals surface area contributed by atoms with E-state index >= 15 is 0 Å². The van der Waals surface area contributed by atoms with E-state index in [0.29, 0.717) is 25.7 Å². The molecule has 0 aromatic rings. The van der Waals surface area contributed by atoms with Gasteiger partial charge in [0.2, 0.25) is 0 Å². The summed E-state index contributed by atoms with van der Waals surface area (Å²) in [5.41, 5.74) is -4.91. The number of nitrogens with one attached hydrogen (secondary N) is 1. The van der Waals surface area contributed by atoms with Gasteiger partial charge in [0, 0.05) is 33.2 Å². The van der Waals surface area contributed by atoms with E-state index in [1.54, 1.807) is 24.3 Å². The van der Waals surface area contributed by atoms with E-state index in [4.69, 9.17) is 28.6 Å². The lowest BCUT2D eigenvalue weighted by Gasteiger charge is -2.39. The molecule has 14 nitrogen and oxygen atoms in total. The second kappa shape index (κ2) is 14.5. The first kappa shape index (κ1) is 45.3. The Balaban J connectivity index is 1.79. The normalized spacial score (nSPS) is 32.4. The van der Waals surface area contributed by atoms with Gasteiger partial charge in [0.15, 0.2) is 0 Å². The molecule has 4 heterocycles. The van der Waals surface area contributed by atoms with Gasteiger partial charge in [0.1, 0.15) is 0 Å². The van der Waals surface area contributed by atoms with Crippen LogP contribution in [0.5, 0.6) is 0 Å². The number of carbonyl (C=O) groups is 4. The average molecular weight is 781 g/mol. The van der Waals surface area contributed by atoms with Crippen molar-refractivity contribution >= 4 is 23.9 Å². The van der Waals surface area contributed by atoms with Gasteiger partial charge in [-0.15, -0.1) is 0 Å². The number of rotatable bonds is 11. The molecule has 0 bridgehead atoms. The molecule has 0 spiro atoms. The van der Waals surface area contributed by atoms with E-state index in [2.05, 4.69) is 10.2 Å². The maximum absolute atomic E-state index is 14.4. The maximum Gasteiger partial charge on any atom is 0.320 e. The number of nitrogens with zero attached hydrogens (tertiary/aromatic N) is 3. The summed E-state index contributed by atoms with van der Waals surface area (Å²) in [6.45, 7) is 31.1. The van der Waals surface area contributed by atoms with Gasteiger partial charge in [0.25, 0.3) is 0 Å². The Hall–Kier alpha value is -2.36. The first-order valence-electron chi connectivity index (χ1n) is 19.7. The molecular weight excluding hydrogens is 708 g/mol. The van der Waals surface area contributed by atoms with Crippen LogP contribution in [0.3, 0.4) is 0 Å². The number of ether oxygens (including phenoxy) is 4. The van der Waals surface area contributed by atoms with Crippen molar-refractivity contribution in [3.05, 3.63) is 0 Å². The Kier molecular flexibility index (Phi) is 11.9. The fourth-order valence-corrected chi connectivity index (χ4v) is 10.7. The third kappa shape index (κ3) is 8.32. The molecule has 316 valence electrons. The van der Waals surface area contributed by atoms with E-state index in [0.717, 1.165) is 0 Å². The van der Waals surface area contributed by atoms with Crippen molar-refractivity contribution in [3.8, 4) is 0 Å². The van der Waals surface area contributed by atoms with Crippen molar-refractivity contribution in [2.75, 3.05) is 21.3 Å². The fraction of sp³-hybridized carbons (Fsp3) is 0.902. The largest absolute Gasteiger partial charge is 0.417 e. The van der Waals surface area contributed by atoms with Crippen LogP contribution in [0.25, 0.3) is 0 Å². The van der Waals surface area contributed by atoms with Crippen molar-refractivity contribution in [2.45, 2.75) is 193 Å². The predicted octanol–water partition coefficient (Wildman–Crippen LogP) is 5.37. The molecule has 0 radical (unpaired) electrons. The first-order valence-corrected chi connectivity index (χ1v) is 19.7. The SMILES string of the molecule is CON1C(C)(C)CC(C(=O)OC(OC(=O)C2CC(C)(C)NC2(C)C)C(OC(=O)C2CC(C)(C)N(C)C2(C)C)OC(=O)C2CC(C)(C)N(OC)C2(C)C)C1(C)C. The predicted molar refractivity (Wildman–Crippen MR) is 206 cm³/mol. The number of hydroxylamine groups is 4. The van der Waals surface area contributed by atoms with Crippen molar-refractivity contribution in [1.82, 2.24) is 20.3 Å². The van der Waals surface area contributed by atoms with E-state index in [1.807, 2.05) is 118 Å². The number of carbonyl (C=O) groups excluding carboxylic acids is 4. The average Bonchev–Trinajstić information content (AvgIpc) is 3.52. The quantitative estimate of drug-likeness (QED) is 0.212. The van der Waals surface area contributed by atoms with Gasteiger partial charge in [-0.05, 0) is 144 Å². The highest BCUT2D eigenvalue weighted by Gasteiger charge is 2.60. The molecule has 6 atom stereocenters. The first-order chi connectivity index (χ1) is 24.7. The van der Waals surface area contributed by atoms with Crippen LogP contribution in [0.4, 0.5) is 0 Å². The molecule has 14 heteroatoms. The van der Waals surface area contributed by atoms with Gasteiger partial charge in [0.05, 0.1) is 49.0 Å². The van der Waals surface area contributed by atoms with E-state index < -0.39 is 98.9 Å². The Morgan fingerprint density at radius 1 is 0.491 bits per heavy atom. The minimum atomic E-state index is -1.92. The van der Waals surface area contributed by atoms with Gasteiger partial charge in [-0.3, -0.25) is 24.1 Å². The van der Waals surface area contributed by atoms with E-state index in [1.165, 1.54) is 0 Å². The zero-order chi connectivity index (χ0) is 42.3. The lowest BCUT2D eigenvalue weighted by Crippen LogP contribution is -2.53. The molecule has 6 unspecified atom stereocenters. The molecule has 4 aliphatic heterocycles. The molecule has 4 saturated heterocycles. The Bertz CT molecular complexity index is 1500. The summed E-state index contributed by atoms with van der Waals surface area (Å²) in [6, 6.07) is 0. The second-order valence-electron chi connectivity index (χ2n) is 21.2. The number of hydrogen-bond donors (Lipinski definition) is 1. The smallest absolute Gasteiger partial charge is 0.320 e. The maximum atomic E-state index is 14.4. The van der Waals surface area contributed by atoms with Crippen molar-refractivity contribution < 1.29 is 47.8 Å². The monoisotopic (exact) mass is 781 g/mol. The van der Waals surface area contributed by atoms with Crippen LogP contribution >= 0.6 is 0 Å². The molecular formula is C41H72N4O10. The highest BCUT2D eigenvalue weighted by Crippen LogP contribution is 2.48. The van der Waals surface area contributed by atoms with Crippen LogP contribution < -0.4 is 5.32 Å². The Morgan fingerprint density at radius 2 is 0.800 bits per heavy atom. The van der Waals surface area contributed by atoms with Crippen molar-refractivity contribution in [2.24, 2.45) is 23.7 Å². The molecule has 1 N–H and O–H groups in total. The van der Waals surface area contributed by atoms with Crippen LogP contribution in [-0.2, 0) is 47.8 Å². The van der Waals surface area contributed by atoms with Gasteiger partial charge < -0.3 is 33.9 Å². The molecule has 4 rings (SSSR count).